The van der Waals surface area contributed by atoms with E-state index >= 15 is 0 Å². The molecule has 33 heavy (non-hydrogen) atoms. The number of hydrogen-bond donors (Lipinski definition) is 0. The molecule has 2 aromatic rings. The van der Waals surface area contributed by atoms with Crippen LogP contribution in [0.15, 0.2) is 23.4 Å². The summed E-state index contributed by atoms with van der Waals surface area (Å²) in [5.41, 5.74) is 1.21. The van der Waals surface area contributed by atoms with Crippen molar-refractivity contribution in [3.63, 3.8) is 0 Å². The largest absolute Gasteiger partial charge is 0.454 e. The van der Waals surface area contributed by atoms with E-state index in [0.29, 0.717) is 13.3 Å². The molecule has 3 aliphatic heterocycles. The van der Waals surface area contributed by atoms with E-state index in [0.717, 1.165) is 80.3 Å². The summed E-state index contributed by atoms with van der Waals surface area (Å²) in [6.07, 6.45) is 2.11. The average molecular weight is 473 g/mol. The van der Waals surface area contributed by atoms with Crippen molar-refractivity contribution in [1.29, 1.82) is 0 Å². The summed E-state index contributed by atoms with van der Waals surface area (Å²) >= 11 is 1.70. The van der Waals surface area contributed by atoms with E-state index in [9.17, 15) is 4.79 Å². The fraction of sp³-hybridized carbons (Fsp3) is 0.609. The van der Waals surface area contributed by atoms with Crippen LogP contribution in [0.25, 0.3) is 0 Å². The van der Waals surface area contributed by atoms with Crippen LogP contribution in [0, 0.1) is 0 Å². The molecular formula is C23H32N6O3S. The van der Waals surface area contributed by atoms with Crippen LogP contribution in [0.4, 0.5) is 0 Å². The van der Waals surface area contributed by atoms with Crippen LogP contribution in [0.3, 0.4) is 0 Å². The Morgan fingerprint density at radius 3 is 2.76 bits per heavy atom. The predicted molar refractivity (Wildman–Crippen MR) is 125 cm³/mol. The highest BCUT2D eigenvalue weighted by atomic mass is 32.2. The number of piperazine rings is 1. The van der Waals surface area contributed by atoms with Crippen molar-refractivity contribution in [3.05, 3.63) is 29.6 Å². The molecular weight excluding hydrogens is 440 g/mol. The van der Waals surface area contributed by atoms with Crippen molar-refractivity contribution in [2.45, 2.75) is 37.5 Å². The molecule has 0 N–H and O–H groups in total. The third kappa shape index (κ3) is 4.83. The van der Waals surface area contributed by atoms with Gasteiger partial charge in [-0.05, 0) is 42.8 Å². The molecule has 0 radical (unpaired) electrons. The summed E-state index contributed by atoms with van der Waals surface area (Å²) < 4.78 is 13.0. The topological polar surface area (TPSA) is 76.0 Å². The Bertz CT molecular complexity index is 991. The number of rotatable bonds is 7. The van der Waals surface area contributed by atoms with Gasteiger partial charge in [-0.15, -0.1) is 10.2 Å². The summed E-state index contributed by atoms with van der Waals surface area (Å²) in [5, 5.41) is 9.76. The molecule has 0 saturated carbocycles. The molecule has 178 valence electrons. The summed E-state index contributed by atoms with van der Waals surface area (Å²) in [4.78, 5) is 19.8. The zero-order valence-electron chi connectivity index (χ0n) is 19.4. The van der Waals surface area contributed by atoms with Crippen LogP contribution in [0.5, 0.6) is 11.5 Å². The number of benzene rings is 1. The summed E-state index contributed by atoms with van der Waals surface area (Å²) in [6.45, 7) is 7.96. The zero-order valence-corrected chi connectivity index (χ0v) is 20.2. The first-order chi connectivity index (χ1) is 16.1. The smallest absolute Gasteiger partial charge is 0.236 e. The molecule has 1 aromatic heterocycles. The van der Waals surface area contributed by atoms with Crippen molar-refractivity contribution in [2.24, 2.45) is 7.05 Å². The fourth-order valence-electron chi connectivity index (χ4n) is 4.91. The van der Waals surface area contributed by atoms with Crippen LogP contribution < -0.4 is 9.47 Å². The van der Waals surface area contributed by atoms with Crippen LogP contribution in [-0.4, -0.2) is 87.2 Å². The van der Waals surface area contributed by atoms with Crippen LogP contribution in [-0.2, 0) is 18.4 Å². The molecule has 0 spiro atoms. The lowest BCUT2D eigenvalue weighted by Crippen LogP contribution is -2.50. The predicted octanol–water partition coefficient (Wildman–Crippen LogP) is 2.14. The minimum Gasteiger partial charge on any atom is -0.454 e. The van der Waals surface area contributed by atoms with Gasteiger partial charge in [0.1, 0.15) is 0 Å². The van der Waals surface area contributed by atoms with Crippen molar-refractivity contribution in [1.82, 2.24) is 29.5 Å². The number of aromatic nitrogens is 3. The highest BCUT2D eigenvalue weighted by Gasteiger charge is 2.33. The fourth-order valence-corrected chi connectivity index (χ4v) is 5.55. The molecule has 4 heterocycles. The monoisotopic (exact) mass is 472 g/mol. The van der Waals surface area contributed by atoms with Gasteiger partial charge in [0.2, 0.25) is 12.7 Å². The molecule has 2 fully saturated rings. The molecule has 1 unspecified atom stereocenters. The Kier molecular flexibility index (Phi) is 6.75. The van der Waals surface area contributed by atoms with E-state index < -0.39 is 0 Å². The highest BCUT2D eigenvalue weighted by Crippen LogP contribution is 2.33. The van der Waals surface area contributed by atoms with Gasteiger partial charge in [-0.3, -0.25) is 14.6 Å². The summed E-state index contributed by atoms with van der Waals surface area (Å²) in [7, 11) is 2.03. The molecule has 5 rings (SSSR count). The normalized spacial score (nSPS) is 21.2. The lowest BCUT2D eigenvalue weighted by atomic mass is 10.1. The Morgan fingerprint density at radius 2 is 1.94 bits per heavy atom. The van der Waals surface area contributed by atoms with Gasteiger partial charge in [0, 0.05) is 39.8 Å². The second-order valence-corrected chi connectivity index (χ2v) is 10.0. The zero-order chi connectivity index (χ0) is 22.8. The highest BCUT2D eigenvalue weighted by molar-refractivity contribution is 7.99. The second-order valence-electron chi connectivity index (χ2n) is 8.81. The molecule has 2 saturated heterocycles. The number of ether oxygens (including phenoxy) is 2. The number of hydrogen-bond acceptors (Lipinski definition) is 8. The van der Waals surface area contributed by atoms with Crippen LogP contribution in [0.1, 0.15) is 37.2 Å². The second kappa shape index (κ2) is 9.90. The number of likely N-dealkylation sites (tertiary alicyclic amines) is 1. The van der Waals surface area contributed by atoms with Crippen molar-refractivity contribution >= 4 is 17.7 Å². The number of fused-ring (bicyclic) bond motifs is 1. The third-order valence-corrected chi connectivity index (χ3v) is 7.61. The van der Waals surface area contributed by atoms with E-state index in [1.807, 2.05) is 18.0 Å². The molecule has 0 aliphatic carbocycles. The maximum Gasteiger partial charge on any atom is 0.236 e. The molecule has 1 aromatic carbocycles. The lowest BCUT2D eigenvalue weighted by molar-refractivity contribution is -0.134. The van der Waals surface area contributed by atoms with Crippen molar-refractivity contribution in [2.75, 3.05) is 51.8 Å². The minimum absolute atomic E-state index is 0.171. The molecule has 10 heteroatoms. The quantitative estimate of drug-likeness (QED) is 0.568. The van der Waals surface area contributed by atoms with Crippen LogP contribution >= 0.6 is 11.8 Å². The maximum atomic E-state index is 13.1. The average Bonchev–Trinajstić information content (AvgIpc) is 3.55. The Hall–Kier alpha value is -2.30. The first-order valence-electron chi connectivity index (χ1n) is 11.8. The first-order valence-corrected chi connectivity index (χ1v) is 12.8. The molecule has 9 nitrogen and oxygen atoms in total. The van der Waals surface area contributed by atoms with Gasteiger partial charge in [0.15, 0.2) is 22.5 Å². The summed E-state index contributed by atoms with van der Waals surface area (Å²) in [5.74, 6) is 3.81. The van der Waals surface area contributed by atoms with E-state index in [4.69, 9.17) is 9.47 Å². The maximum absolute atomic E-state index is 13.1. The van der Waals surface area contributed by atoms with E-state index in [1.165, 1.54) is 5.56 Å². The number of carbonyl (C=O) groups excluding carboxylic acids is 1. The van der Waals surface area contributed by atoms with Gasteiger partial charge in [0.05, 0.1) is 12.6 Å². The minimum atomic E-state index is 0.171. The van der Waals surface area contributed by atoms with E-state index in [2.05, 4.69) is 43.6 Å². The van der Waals surface area contributed by atoms with Gasteiger partial charge >= 0.3 is 0 Å². The van der Waals surface area contributed by atoms with Gasteiger partial charge in [-0.2, -0.15) is 0 Å². The number of carbonyl (C=O) groups is 1. The number of nitrogens with zero attached hydrogens (tertiary/aromatic N) is 6. The number of thioether (sulfide) groups is 1. The molecule has 0 bridgehead atoms. The Labute approximate surface area is 199 Å². The molecule has 3 aliphatic rings. The third-order valence-electron chi connectivity index (χ3n) is 6.71. The first kappa shape index (κ1) is 22.5. The number of amides is 1. The molecule has 1 atom stereocenters. The van der Waals surface area contributed by atoms with Gasteiger partial charge in [0.25, 0.3) is 0 Å². The van der Waals surface area contributed by atoms with Gasteiger partial charge in [-0.25, -0.2) is 0 Å². The van der Waals surface area contributed by atoms with Crippen molar-refractivity contribution in [3.8, 4) is 11.5 Å². The Balaban J connectivity index is 1.13. The van der Waals surface area contributed by atoms with Crippen molar-refractivity contribution < 1.29 is 14.3 Å². The standard InChI is InChI=1S/C23H32N6O3S/c1-3-33-23-25-24-22(26(23)2)18-5-4-8-29(18)15-21(30)28-11-9-27(10-12-28)14-17-6-7-19-20(13-17)32-16-31-19/h6-7,13,18H,3-5,8-12,14-16H2,1-2H3. The Morgan fingerprint density at radius 1 is 1.12 bits per heavy atom. The van der Waals surface area contributed by atoms with E-state index in [-0.39, 0.29) is 11.9 Å². The van der Waals surface area contributed by atoms with Gasteiger partial charge in [-0.1, -0.05) is 24.8 Å². The SMILES string of the molecule is CCSc1nnc(C2CCCN2CC(=O)N2CCN(Cc3ccc4c(c3)OCO4)CC2)n1C. The summed E-state index contributed by atoms with van der Waals surface area (Å²) in [6, 6.07) is 6.30. The molecule has 1 amide bonds. The van der Waals surface area contributed by atoms with Crippen LogP contribution in [0.2, 0.25) is 0 Å². The lowest BCUT2D eigenvalue weighted by Gasteiger charge is -2.36. The van der Waals surface area contributed by atoms with Gasteiger partial charge < -0.3 is 18.9 Å². The van der Waals surface area contributed by atoms with E-state index in [1.54, 1.807) is 11.8 Å².